The first-order chi connectivity index (χ1) is 16.4. The molecule has 0 saturated carbocycles. The van der Waals surface area contributed by atoms with Gasteiger partial charge in [-0.25, -0.2) is 4.98 Å². The van der Waals surface area contributed by atoms with Crippen LogP contribution >= 0.6 is 0 Å². The Morgan fingerprint density at radius 3 is 3.00 bits per heavy atom. The quantitative estimate of drug-likeness (QED) is 0.596. The first-order valence-corrected chi connectivity index (χ1v) is 11.4. The van der Waals surface area contributed by atoms with Crippen LogP contribution in [0, 0.1) is 11.3 Å². The molecule has 1 atom stereocenters. The third kappa shape index (κ3) is 3.70. The van der Waals surface area contributed by atoms with Crippen LogP contribution in [-0.2, 0) is 16.6 Å². The number of hydrogen-bond donors (Lipinski definition) is 1. The number of ether oxygens (including phenoxy) is 1. The van der Waals surface area contributed by atoms with Crippen molar-refractivity contribution in [1.29, 1.82) is 5.26 Å². The van der Waals surface area contributed by atoms with Crippen LogP contribution in [0.4, 0.5) is 0 Å². The largest absolute Gasteiger partial charge is 0.474 e. The van der Waals surface area contributed by atoms with Crippen LogP contribution in [-0.4, -0.2) is 56.8 Å². The van der Waals surface area contributed by atoms with Gasteiger partial charge in [-0.3, -0.25) is 4.79 Å². The van der Waals surface area contributed by atoms with Gasteiger partial charge in [0.2, 0.25) is 17.6 Å². The van der Waals surface area contributed by atoms with E-state index in [1.807, 2.05) is 26.0 Å². The minimum absolute atomic E-state index is 0.0344. The number of pyridine rings is 1. The second-order valence-corrected chi connectivity index (χ2v) is 9.11. The van der Waals surface area contributed by atoms with Crippen molar-refractivity contribution in [3.8, 4) is 34.8 Å². The maximum atomic E-state index is 12.5. The van der Waals surface area contributed by atoms with E-state index < -0.39 is 0 Å². The van der Waals surface area contributed by atoms with E-state index in [4.69, 9.17) is 9.26 Å². The van der Waals surface area contributed by atoms with E-state index in [1.54, 1.807) is 17.2 Å². The van der Waals surface area contributed by atoms with Crippen LogP contribution in [0.3, 0.4) is 0 Å². The summed E-state index contributed by atoms with van der Waals surface area (Å²) in [6.07, 6.45) is 3.59. The van der Waals surface area contributed by atoms with Crippen LogP contribution in [0.15, 0.2) is 35.0 Å². The molecular weight excluding hydrogens is 434 g/mol. The molecule has 1 saturated heterocycles. The van der Waals surface area contributed by atoms with Gasteiger partial charge in [0.05, 0.1) is 18.3 Å². The highest BCUT2D eigenvalue weighted by Crippen LogP contribution is 2.48. The van der Waals surface area contributed by atoms with E-state index in [1.165, 1.54) is 0 Å². The van der Waals surface area contributed by atoms with Crippen molar-refractivity contribution in [3.05, 3.63) is 47.2 Å². The maximum Gasteiger partial charge on any atom is 0.259 e. The van der Waals surface area contributed by atoms with E-state index in [2.05, 4.69) is 27.3 Å². The number of aliphatic hydroxyl groups excluding tert-OH is 1. The van der Waals surface area contributed by atoms with Gasteiger partial charge in [0, 0.05) is 36.7 Å². The Hall–Kier alpha value is -3.77. The number of β-amino-alcohol motifs (C(OH)–C–C–N with tert-alkyl or cyclic N) is 1. The molecule has 9 nitrogen and oxygen atoms in total. The van der Waals surface area contributed by atoms with Crippen LogP contribution < -0.4 is 4.74 Å². The summed E-state index contributed by atoms with van der Waals surface area (Å²) < 4.78 is 11.1. The van der Waals surface area contributed by atoms with Crippen molar-refractivity contribution >= 4 is 5.91 Å². The van der Waals surface area contributed by atoms with Crippen LogP contribution in [0.2, 0.25) is 0 Å². The van der Waals surface area contributed by atoms with E-state index in [-0.39, 0.29) is 35.8 Å². The van der Waals surface area contributed by atoms with Gasteiger partial charge in [-0.05, 0) is 43.9 Å². The molecule has 1 fully saturated rings. The number of fused-ring (bicyclic) bond motifs is 2. The van der Waals surface area contributed by atoms with Crippen LogP contribution in [0.1, 0.15) is 43.4 Å². The summed E-state index contributed by atoms with van der Waals surface area (Å²) in [5.74, 6) is 1.08. The molecule has 3 aromatic rings. The van der Waals surface area contributed by atoms with Gasteiger partial charge in [-0.1, -0.05) is 23.4 Å². The Labute approximate surface area is 197 Å². The zero-order chi connectivity index (χ0) is 23.9. The maximum absolute atomic E-state index is 12.5. The SMILES string of the molecule is CC(C)Oc1ncc(-c2nc(-c3cccc4c3CCC43CC(=O)N(CCO)C3)no2)cc1C#N. The van der Waals surface area contributed by atoms with Gasteiger partial charge < -0.3 is 19.3 Å². The summed E-state index contributed by atoms with van der Waals surface area (Å²) in [5, 5.41) is 23.0. The third-order valence-corrected chi connectivity index (χ3v) is 6.54. The lowest BCUT2D eigenvalue weighted by Gasteiger charge is -2.24. The Morgan fingerprint density at radius 2 is 2.24 bits per heavy atom. The average Bonchev–Trinajstić information content (AvgIpc) is 3.52. The number of aromatic nitrogens is 3. The minimum Gasteiger partial charge on any atom is -0.474 e. The summed E-state index contributed by atoms with van der Waals surface area (Å²) in [4.78, 5) is 23.1. The smallest absolute Gasteiger partial charge is 0.259 e. The standard InChI is InChI=1S/C25H25N5O4/c1-15(2)33-23-16(12-26)10-17(13-27-23)24-28-22(29-34-24)19-4-3-5-20-18(19)6-7-25(20)11-21(32)30(14-25)8-9-31/h3-5,10,13,15,31H,6-9,11,14H2,1-2H3. The Kier molecular flexibility index (Phi) is 5.54. The monoisotopic (exact) mass is 459 g/mol. The Morgan fingerprint density at radius 1 is 1.38 bits per heavy atom. The van der Waals surface area contributed by atoms with Crippen molar-refractivity contribution in [3.63, 3.8) is 0 Å². The second-order valence-electron chi connectivity index (χ2n) is 9.11. The van der Waals surface area contributed by atoms with E-state index in [0.717, 1.165) is 29.5 Å². The van der Waals surface area contributed by atoms with Gasteiger partial charge >= 0.3 is 0 Å². The fraction of sp³-hybridized carbons (Fsp3) is 0.400. The fourth-order valence-corrected chi connectivity index (χ4v) is 5.06. The fourth-order valence-electron chi connectivity index (χ4n) is 5.06. The summed E-state index contributed by atoms with van der Waals surface area (Å²) in [6, 6.07) is 9.74. The normalized spacial score (nSPS) is 19.1. The lowest BCUT2D eigenvalue weighted by Crippen LogP contribution is -2.32. The zero-order valence-electron chi connectivity index (χ0n) is 19.1. The predicted octanol–water partition coefficient (Wildman–Crippen LogP) is 2.87. The van der Waals surface area contributed by atoms with Gasteiger partial charge in [0.25, 0.3) is 5.89 Å². The van der Waals surface area contributed by atoms with E-state index >= 15 is 0 Å². The number of likely N-dealkylation sites (tertiary alicyclic amines) is 1. The second kappa shape index (κ2) is 8.54. The third-order valence-electron chi connectivity index (χ3n) is 6.54. The molecule has 1 aliphatic carbocycles. The summed E-state index contributed by atoms with van der Waals surface area (Å²) in [5.41, 5.74) is 3.76. The summed E-state index contributed by atoms with van der Waals surface area (Å²) in [6.45, 7) is 4.69. The molecule has 3 heterocycles. The Bertz CT molecular complexity index is 1290. The highest BCUT2D eigenvalue weighted by atomic mass is 16.5. The molecule has 1 aromatic carbocycles. The molecule has 0 radical (unpaired) electrons. The number of benzene rings is 1. The van der Waals surface area contributed by atoms with Crippen molar-refractivity contribution in [2.75, 3.05) is 19.7 Å². The first kappa shape index (κ1) is 22.0. The lowest BCUT2D eigenvalue weighted by atomic mass is 9.80. The molecular formula is C25H25N5O4. The molecule has 0 bridgehead atoms. The van der Waals surface area contributed by atoms with Crippen molar-refractivity contribution in [2.24, 2.45) is 0 Å². The first-order valence-electron chi connectivity index (χ1n) is 11.4. The summed E-state index contributed by atoms with van der Waals surface area (Å²) >= 11 is 0. The molecule has 5 rings (SSSR count). The lowest BCUT2D eigenvalue weighted by molar-refractivity contribution is -0.128. The zero-order valence-corrected chi connectivity index (χ0v) is 19.1. The molecule has 1 amide bonds. The van der Waals surface area contributed by atoms with Crippen molar-refractivity contribution < 1.29 is 19.2 Å². The number of nitrogens with zero attached hydrogens (tertiary/aromatic N) is 5. The molecule has 1 aliphatic heterocycles. The van der Waals surface area contributed by atoms with Gasteiger partial charge in [0.1, 0.15) is 11.6 Å². The molecule has 1 unspecified atom stereocenters. The van der Waals surface area contributed by atoms with Crippen molar-refractivity contribution in [2.45, 2.75) is 44.6 Å². The molecule has 174 valence electrons. The Balaban J connectivity index is 1.46. The number of aliphatic hydroxyl groups is 1. The number of carbonyl (C=O) groups is 1. The van der Waals surface area contributed by atoms with E-state index in [0.29, 0.717) is 36.5 Å². The molecule has 34 heavy (non-hydrogen) atoms. The number of nitriles is 1. The number of carbonyl (C=O) groups excluding carboxylic acids is 1. The van der Waals surface area contributed by atoms with Crippen molar-refractivity contribution in [1.82, 2.24) is 20.0 Å². The number of amides is 1. The predicted molar refractivity (Wildman–Crippen MR) is 122 cm³/mol. The number of rotatable bonds is 6. The molecule has 1 N–H and O–H groups in total. The molecule has 1 spiro atoms. The average molecular weight is 460 g/mol. The highest BCUT2D eigenvalue weighted by Gasteiger charge is 2.48. The van der Waals surface area contributed by atoms with Gasteiger partial charge in [-0.15, -0.1) is 0 Å². The highest BCUT2D eigenvalue weighted by molar-refractivity contribution is 5.82. The van der Waals surface area contributed by atoms with Crippen LogP contribution in [0.25, 0.3) is 22.8 Å². The number of hydrogen-bond acceptors (Lipinski definition) is 8. The van der Waals surface area contributed by atoms with Gasteiger partial charge in [0.15, 0.2) is 0 Å². The minimum atomic E-state index is -0.234. The topological polar surface area (TPSA) is 125 Å². The molecule has 9 heteroatoms. The summed E-state index contributed by atoms with van der Waals surface area (Å²) in [7, 11) is 0. The molecule has 2 aliphatic rings. The van der Waals surface area contributed by atoms with Crippen LogP contribution in [0.5, 0.6) is 5.88 Å². The van der Waals surface area contributed by atoms with E-state index in [9.17, 15) is 15.2 Å². The van der Waals surface area contributed by atoms with Gasteiger partial charge in [-0.2, -0.15) is 10.2 Å². The molecule has 2 aromatic heterocycles.